The first-order valence-corrected chi connectivity index (χ1v) is 3.83. The van der Waals surface area contributed by atoms with E-state index in [-0.39, 0.29) is 12.0 Å². The zero-order valence-corrected chi connectivity index (χ0v) is 6.66. The van der Waals surface area contributed by atoms with Gasteiger partial charge in [-0.1, -0.05) is 0 Å². The number of hydrogen-bond acceptors (Lipinski definition) is 3. The number of aliphatic hydroxyl groups excluding tert-OH is 1. The summed E-state index contributed by atoms with van der Waals surface area (Å²) < 4.78 is 0. The summed E-state index contributed by atoms with van der Waals surface area (Å²) in [7, 11) is 0. The Bertz CT molecular complexity index is 159. The van der Waals surface area contributed by atoms with Gasteiger partial charge < -0.3 is 15.7 Å². The molecule has 2 unspecified atom stereocenters. The molecular formula is C7H14N2O2. The third kappa shape index (κ3) is 1.91. The molecule has 0 saturated carbocycles. The Hall–Kier alpha value is -0.610. The Morgan fingerprint density at radius 3 is 2.82 bits per heavy atom. The Morgan fingerprint density at radius 2 is 2.45 bits per heavy atom. The molecule has 1 fully saturated rings. The highest BCUT2D eigenvalue weighted by Crippen LogP contribution is 2.09. The molecule has 1 rings (SSSR count). The molecule has 0 bridgehead atoms. The van der Waals surface area contributed by atoms with E-state index in [4.69, 9.17) is 10.8 Å². The minimum atomic E-state index is -0.444. The fourth-order valence-electron chi connectivity index (χ4n) is 1.23. The molecule has 11 heavy (non-hydrogen) atoms. The van der Waals surface area contributed by atoms with Crippen LogP contribution in [0, 0.1) is 0 Å². The number of nitrogens with two attached hydrogens (primary N) is 1. The van der Waals surface area contributed by atoms with Crippen molar-refractivity contribution in [2.75, 3.05) is 13.1 Å². The molecule has 0 aromatic carbocycles. The number of rotatable bonds is 1. The second kappa shape index (κ2) is 3.19. The summed E-state index contributed by atoms with van der Waals surface area (Å²) in [5.74, 6) is -0.0680. The van der Waals surface area contributed by atoms with E-state index in [1.807, 2.05) is 0 Å². The molecule has 4 heteroatoms. The third-order valence-corrected chi connectivity index (χ3v) is 1.86. The van der Waals surface area contributed by atoms with E-state index < -0.39 is 6.04 Å². The number of amides is 1. The van der Waals surface area contributed by atoms with Gasteiger partial charge in [0.15, 0.2) is 0 Å². The number of β-amino-alcohol motifs (C(OH)–C–C–N with tert-alkyl or cyclic N) is 1. The summed E-state index contributed by atoms with van der Waals surface area (Å²) in [4.78, 5) is 12.8. The maximum atomic E-state index is 11.2. The number of carbonyl (C=O) groups excluding carboxylic acids is 1. The lowest BCUT2D eigenvalue weighted by Crippen LogP contribution is -2.41. The third-order valence-electron chi connectivity index (χ3n) is 1.86. The quantitative estimate of drug-likeness (QED) is 0.510. The molecule has 0 spiro atoms. The Balaban J connectivity index is 2.43. The standard InChI is InChI=1S/C7H14N2O2/c1-5(8)7(11)9-3-2-6(10)4-9/h5-6,10H,2-4,8H2,1H3. The molecule has 3 N–H and O–H groups in total. The van der Waals surface area contributed by atoms with E-state index in [9.17, 15) is 4.79 Å². The number of hydrogen-bond donors (Lipinski definition) is 2. The lowest BCUT2D eigenvalue weighted by Gasteiger charge is -2.17. The normalized spacial score (nSPS) is 27.2. The van der Waals surface area contributed by atoms with E-state index in [0.29, 0.717) is 19.5 Å². The van der Waals surface area contributed by atoms with E-state index >= 15 is 0 Å². The minimum Gasteiger partial charge on any atom is -0.391 e. The lowest BCUT2D eigenvalue weighted by atomic mass is 10.3. The van der Waals surface area contributed by atoms with Crippen LogP contribution in [0.5, 0.6) is 0 Å². The van der Waals surface area contributed by atoms with Gasteiger partial charge in [-0.25, -0.2) is 0 Å². The number of aliphatic hydroxyl groups is 1. The van der Waals surface area contributed by atoms with Crippen molar-refractivity contribution in [2.45, 2.75) is 25.5 Å². The van der Waals surface area contributed by atoms with Crippen LogP contribution in [0.3, 0.4) is 0 Å². The van der Waals surface area contributed by atoms with Gasteiger partial charge in [0.05, 0.1) is 12.1 Å². The van der Waals surface area contributed by atoms with Crippen LogP contribution in [0.1, 0.15) is 13.3 Å². The van der Waals surface area contributed by atoms with Gasteiger partial charge in [0.25, 0.3) is 0 Å². The molecule has 0 radical (unpaired) electrons. The largest absolute Gasteiger partial charge is 0.391 e. The van der Waals surface area contributed by atoms with Crippen LogP contribution in [-0.4, -0.2) is 41.1 Å². The van der Waals surface area contributed by atoms with E-state index in [0.717, 1.165) is 0 Å². The second-order valence-electron chi connectivity index (χ2n) is 3.02. The Kier molecular flexibility index (Phi) is 2.46. The van der Waals surface area contributed by atoms with Gasteiger partial charge in [0.1, 0.15) is 0 Å². The number of likely N-dealkylation sites (tertiary alicyclic amines) is 1. The monoisotopic (exact) mass is 158 g/mol. The molecule has 2 atom stereocenters. The van der Waals surface area contributed by atoms with Crippen molar-refractivity contribution in [3.63, 3.8) is 0 Å². The van der Waals surface area contributed by atoms with Gasteiger partial charge in [-0.2, -0.15) is 0 Å². The topological polar surface area (TPSA) is 66.6 Å². The lowest BCUT2D eigenvalue weighted by molar-refractivity contribution is -0.131. The first kappa shape index (κ1) is 8.49. The van der Waals surface area contributed by atoms with Crippen LogP contribution < -0.4 is 5.73 Å². The average molecular weight is 158 g/mol. The molecule has 1 saturated heterocycles. The zero-order valence-electron chi connectivity index (χ0n) is 6.66. The Labute approximate surface area is 66.0 Å². The van der Waals surface area contributed by atoms with Crippen molar-refractivity contribution in [1.82, 2.24) is 4.90 Å². The highest BCUT2D eigenvalue weighted by molar-refractivity contribution is 5.81. The molecule has 1 aliphatic heterocycles. The van der Waals surface area contributed by atoms with Gasteiger partial charge in [-0.15, -0.1) is 0 Å². The molecule has 64 valence electrons. The van der Waals surface area contributed by atoms with E-state index in [1.165, 1.54) is 0 Å². The fourth-order valence-corrected chi connectivity index (χ4v) is 1.23. The average Bonchev–Trinajstić information content (AvgIpc) is 2.34. The zero-order chi connectivity index (χ0) is 8.43. The summed E-state index contributed by atoms with van der Waals surface area (Å²) >= 11 is 0. The summed E-state index contributed by atoms with van der Waals surface area (Å²) in [6, 6.07) is -0.444. The van der Waals surface area contributed by atoms with Crippen molar-refractivity contribution in [3.8, 4) is 0 Å². The van der Waals surface area contributed by atoms with Crippen LogP contribution in [0.25, 0.3) is 0 Å². The summed E-state index contributed by atoms with van der Waals surface area (Å²) in [5, 5.41) is 9.10. The molecule has 0 aromatic heterocycles. The van der Waals surface area contributed by atoms with Gasteiger partial charge in [0, 0.05) is 13.1 Å². The molecular weight excluding hydrogens is 144 g/mol. The van der Waals surface area contributed by atoms with Crippen LogP contribution in [-0.2, 0) is 4.79 Å². The predicted octanol–water partition coefficient (Wildman–Crippen LogP) is -1.07. The van der Waals surface area contributed by atoms with Crippen LogP contribution in [0.15, 0.2) is 0 Å². The molecule has 0 aromatic rings. The molecule has 0 aliphatic carbocycles. The minimum absolute atomic E-state index is 0.0680. The van der Waals surface area contributed by atoms with Crippen LogP contribution in [0.2, 0.25) is 0 Å². The number of nitrogens with zero attached hydrogens (tertiary/aromatic N) is 1. The molecule has 1 heterocycles. The molecule has 4 nitrogen and oxygen atoms in total. The first-order chi connectivity index (χ1) is 5.11. The smallest absolute Gasteiger partial charge is 0.239 e. The summed E-state index contributed by atoms with van der Waals surface area (Å²) in [6.07, 6.45) is 0.330. The maximum Gasteiger partial charge on any atom is 0.239 e. The Morgan fingerprint density at radius 1 is 1.82 bits per heavy atom. The van der Waals surface area contributed by atoms with E-state index in [2.05, 4.69) is 0 Å². The van der Waals surface area contributed by atoms with Crippen LogP contribution in [0.4, 0.5) is 0 Å². The van der Waals surface area contributed by atoms with Crippen LogP contribution >= 0.6 is 0 Å². The first-order valence-electron chi connectivity index (χ1n) is 3.83. The maximum absolute atomic E-state index is 11.2. The van der Waals surface area contributed by atoms with Gasteiger partial charge in [-0.05, 0) is 13.3 Å². The van der Waals surface area contributed by atoms with Crippen molar-refractivity contribution in [2.24, 2.45) is 5.73 Å². The second-order valence-corrected chi connectivity index (χ2v) is 3.02. The predicted molar refractivity (Wildman–Crippen MR) is 40.9 cm³/mol. The van der Waals surface area contributed by atoms with Gasteiger partial charge in [-0.3, -0.25) is 4.79 Å². The summed E-state index contributed by atoms with van der Waals surface area (Å²) in [5.41, 5.74) is 5.39. The highest BCUT2D eigenvalue weighted by Gasteiger charge is 2.25. The van der Waals surface area contributed by atoms with E-state index in [1.54, 1.807) is 11.8 Å². The summed E-state index contributed by atoms with van der Waals surface area (Å²) in [6.45, 7) is 2.74. The van der Waals surface area contributed by atoms with Gasteiger partial charge in [0.2, 0.25) is 5.91 Å². The SMILES string of the molecule is CC(N)C(=O)N1CCC(O)C1. The van der Waals surface area contributed by atoms with Crippen molar-refractivity contribution in [1.29, 1.82) is 0 Å². The highest BCUT2D eigenvalue weighted by atomic mass is 16.3. The van der Waals surface area contributed by atoms with Crippen molar-refractivity contribution >= 4 is 5.91 Å². The van der Waals surface area contributed by atoms with Crippen molar-refractivity contribution < 1.29 is 9.90 Å². The fraction of sp³-hybridized carbons (Fsp3) is 0.857. The number of carbonyl (C=O) groups is 1. The molecule has 1 aliphatic rings. The van der Waals surface area contributed by atoms with Crippen molar-refractivity contribution in [3.05, 3.63) is 0 Å². The molecule has 1 amide bonds. The van der Waals surface area contributed by atoms with Gasteiger partial charge >= 0.3 is 0 Å².